The Morgan fingerprint density at radius 2 is 1.58 bits per heavy atom. The van der Waals surface area contributed by atoms with E-state index in [1.54, 1.807) is 37.1 Å². The number of ether oxygens (including phenoxy) is 2. The number of rotatable bonds is 14. The summed E-state index contributed by atoms with van der Waals surface area (Å²) in [7, 11) is 2.94. The highest BCUT2D eigenvalue weighted by atomic mass is 32.2. The van der Waals surface area contributed by atoms with E-state index in [1.807, 2.05) is 73.8 Å². The van der Waals surface area contributed by atoms with E-state index < -0.39 is 16.9 Å². The first kappa shape index (κ1) is 33.1. The molecule has 4 rings (SSSR count). The van der Waals surface area contributed by atoms with Gasteiger partial charge >= 0.3 is 5.97 Å². The number of thioether (sulfide) groups is 1. The molecule has 45 heavy (non-hydrogen) atoms. The summed E-state index contributed by atoms with van der Waals surface area (Å²) < 4.78 is 10.3. The molecule has 0 aliphatic heterocycles. The van der Waals surface area contributed by atoms with Crippen molar-refractivity contribution in [3.8, 4) is 16.9 Å². The molecular formula is C35H37N3O6S. The first-order valence-electron chi connectivity index (χ1n) is 14.4. The van der Waals surface area contributed by atoms with Crippen LogP contribution in [-0.4, -0.2) is 49.1 Å². The largest absolute Gasteiger partial charge is 0.497 e. The van der Waals surface area contributed by atoms with Gasteiger partial charge in [0, 0.05) is 36.5 Å². The molecule has 0 bridgehead atoms. The van der Waals surface area contributed by atoms with Crippen LogP contribution in [0, 0.1) is 17.0 Å². The van der Waals surface area contributed by atoms with E-state index >= 15 is 0 Å². The fourth-order valence-electron chi connectivity index (χ4n) is 5.04. The van der Waals surface area contributed by atoms with Crippen molar-refractivity contribution in [3.63, 3.8) is 0 Å². The molecule has 0 aromatic heterocycles. The molecule has 0 radical (unpaired) electrons. The van der Waals surface area contributed by atoms with Gasteiger partial charge < -0.3 is 19.7 Å². The smallest absolute Gasteiger partial charge is 0.328 e. The van der Waals surface area contributed by atoms with Crippen LogP contribution >= 0.6 is 11.8 Å². The number of non-ortho nitro benzene ring substituents is 1. The summed E-state index contributed by atoms with van der Waals surface area (Å²) in [5.74, 6) is 0.599. The van der Waals surface area contributed by atoms with Crippen molar-refractivity contribution in [2.24, 2.45) is 0 Å². The zero-order valence-corrected chi connectivity index (χ0v) is 26.6. The van der Waals surface area contributed by atoms with Crippen LogP contribution in [-0.2, 0) is 22.6 Å². The summed E-state index contributed by atoms with van der Waals surface area (Å²) in [4.78, 5) is 39.1. The van der Waals surface area contributed by atoms with E-state index in [0.29, 0.717) is 30.8 Å². The number of aryl methyl sites for hydroxylation is 1. The molecule has 9 nitrogen and oxygen atoms in total. The van der Waals surface area contributed by atoms with Gasteiger partial charge in [-0.3, -0.25) is 14.9 Å². The maximum atomic E-state index is 13.7. The first-order chi connectivity index (χ1) is 21.7. The van der Waals surface area contributed by atoms with Crippen LogP contribution in [0.2, 0.25) is 0 Å². The lowest BCUT2D eigenvalue weighted by molar-refractivity contribution is -0.384. The topological polar surface area (TPSA) is 111 Å². The molecule has 234 valence electrons. The summed E-state index contributed by atoms with van der Waals surface area (Å²) in [5.41, 5.74) is 5.88. The number of hydrogen-bond donors (Lipinski definition) is 1. The summed E-state index contributed by atoms with van der Waals surface area (Å²) in [5, 5.41) is 14.2. The van der Waals surface area contributed by atoms with Crippen molar-refractivity contribution in [3.05, 3.63) is 123 Å². The fraction of sp³-hybridized carbons (Fsp3) is 0.257. The lowest BCUT2D eigenvalue weighted by atomic mass is 9.93. The van der Waals surface area contributed by atoms with Crippen LogP contribution in [0.25, 0.3) is 11.1 Å². The van der Waals surface area contributed by atoms with E-state index in [2.05, 4.69) is 10.2 Å². The Morgan fingerprint density at radius 1 is 0.911 bits per heavy atom. The minimum absolute atomic E-state index is 0.0168. The molecule has 0 unspecified atom stereocenters. The molecule has 10 heteroatoms. The molecule has 1 amide bonds. The van der Waals surface area contributed by atoms with Gasteiger partial charge in [-0.05, 0) is 89.6 Å². The lowest BCUT2D eigenvalue weighted by Crippen LogP contribution is -2.42. The summed E-state index contributed by atoms with van der Waals surface area (Å²) in [6, 6.07) is 27.0. The normalized spacial score (nSPS) is 11.4. The van der Waals surface area contributed by atoms with Crippen molar-refractivity contribution in [1.29, 1.82) is 0 Å². The van der Waals surface area contributed by atoms with Crippen LogP contribution < -0.4 is 15.0 Å². The molecular weight excluding hydrogens is 590 g/mol. The average molecular weight is 628 g/mol. The number of nitro groups is 1. The number of anilines is 1. The van der Waals surface area contributed by atoms with E-state index in [-0.39, 0.29) is 11.6 Å². The van der Waals surface area contributed by atoms with Crippen molar-refractivity contribution < 1.29 is 24.0 Å². The average Bonchev–Trinajstić information content (AvgIpc) is 3.06. The number of benzene rings is 4. The van der Waals surface area contributed by atoms with Crippen LogP contribution in [0.15, 0.2) is 91.0 Å². The third-order valence-electron chi connectivity index (χ3n) is 7.50. The van der Waals surface area contributed by atoms with Crippen molar-refractivity contribution >= 4 is 35.0 Å². The van der Waals surface area contributed by atoms with Gasteiger partial charge in [-0.1, -0.05) is 42.5 Å². The number of esters is 1. The Bertz CT molecular complexity index is 1630. The van der Waals surface area contributed by atoms with Gasteiger partial charge in [0.15, 0.2) is 0 Å². The number of amides is 1. The summed E-state index contributed by atoms with van der Waals surface area (Å²) in [6.45, 7) is 2.98. The maximum Gasteiger partial charge on any atom is 0.328 e. The Hall–Kier alpha value is -4.83. The van der Waals surface area contributed by atoms with Crippen molar-refractivity contribution in [2.45, 2.75) is 32.5 Å². The third-order valence-corrected chi connectivity index (χ3v) is 8.14. The van der Waals surface area contributed by atoms with Crippen LogP contribution in [0.4, 0.5) is 11.4 Å². The van der Waals surface area contributed by atoms with Crippen LogP contribution in [0.3, 0.4) is 0 Å². The second-order valence-electron chi connectivity index (χ2n) is 10.5. The van der Waals surface area contributed by atoms with Crippen molar-refractivity contribution in [1.82, 2.24) is 5.32 Å². The van der Waals surface area contributed by atoms with Gasteiger partial charge in [0.05, 0.1) is 19.1 Å². The fourth-order valence-corrected chi connectivity index (χ4v) is 5.52. The van der Waals surface area contributed by atoms with E-state index in [9.17, 15) is 19.7 Å². The third kappa shape index (κ3) is 8.63. The molecule has 0 aliphatic rings. The Kier molecular flexibility index (Phi) is 11.6. The minimum atomic E-state index is -0.763. The maximum absolute atomic E-state index is 13.7. The number of nitro benzene ring substituents is 1. The number of methoxy groups -OCH3 is 2. The molecule has 0 saturated carbocycles. The SMILES string of the molecule is COC(=O)[C@H](CCSC)NC(=O)c1ccc(CN(Cc2ccc(OC)cc2)c2ccc([N+](=O)[O-])cc2)cc1-c1ccccc1C. The summed E-state index contributed by atoms with van der Waals surface area (Å²) >= 11 is 1.59. The molecule has 1 atom stereocenters. The van der Waals surface area contributed by atoms with Gasteiger partial charge in [0.1, 0.15) is 11.8 Å². The van der Waals surface area contributed by atoms with Gasteiger partial charge in [-0.2, -0.15) is 11.8 Å². The molecule has 0 heterocycles. The standard InChI is InChI=1S/C35H37N3O6S/c1-24-7-5-6-8-30(24)32-21-26(11-18-31(32)34(39)36-33(19-20-45-4)35(40)44-3)23-37(22-25-9-16-29(43-2)17-10-25)27-12-14-28(15-13-27)38(41)42/h5-18,21,33H,19-20,22-23H2,1-4H3,(H,36,39)/t33-/m0/s1. The number of carbonyl (C=O) groups excluding carboxylic acids is 2. The van der Waals surface area contributed by atoms with E-state index in [1.165, 1.54) is 19.2 Å². The molecule has 4 aromatic carbocycles. The Balaban J connectivity index is 1.72. The number of hydrogen-bond acceptors (Lipinski definition) is 8. The van der Waals surface area contributed by atoms with Gasteiger partial charge in [0.25, 0.3) is 11.6 Å². The monoisotopic (exact) mass is 627 g/mol. The molecule has 0 fully saturated rings. The highest BCUT2D eigenvalue weighted by Crippen LogP contribution is 2.30. The Labute approximate surface area is 267 Å². The van der Waals surface area contributed by atoms with E-state index in [4.69, 9.17) is 9.47 Å². The number of nitrogens with zero attached hydrogens (tertiary/aromatic N) is 2. The highest BCUT2D eigenvalue weighted by molar-refractivity contribution is 7.98. The second-order valence-corrected chi connectivity index (χ2v) is 11.5. The van der Waals surface area contributed by atoms with E-state index in [0.717, 1.165) is 39.3 Å². The number of carbonyl (C=O) groups is 2. The first-order valence-corrected chi connectivity index (χ1v) is 15.8. The van der Waals surface area contributed by atoms with Crippen LogP contribution in [0.5, 0.6) is 5.75 Å². The lowest BCUT2D eigenvalue weighted by Gasteiger charge is -2.26. The van der Waals surface area contributed by atoms with Gasteiger partial charge in [0.2, 0.25) is 0 Å². The zero-order chi connectivity index (χ0) is 32.3. The molecule has 1 N–H and O–H groups in total. The number of nitrogens with one attached hydrogen (secondary N) is 1. The van der Waals surface area contributed by atoms with Gasteiger partial charge in [-0.15, -0.1) is 0 Å². The van der Waals surface area contributed by atoms with Crippen molar-refractivity contribution in [2.75, 3.05) is 31.1 Å². The summed E-state index contributed by atoms with van der Waals surface area (Å²) in [6.07, 6.45) is 2.40. The quantitative estimate of drug-likeness (QED) is 0.0922. The zero-order valence-electron chi connectivity index (χ0n) is 25.8. The molecule has 4 aromatic rings. The molecule has 0 saturated heterocycles. The second kappa shape index (κ2) is 15.8. The predicted molar refractivity (Wildman–Crippen MR) is 179 cm³/mol. The molecule has 0 spiro atoms. The molecule has 0 aliphatic carbocycles. The Morgan fingerprint density at radius 3 is 2.20 bits per heavy atom. The van der Waals surface area contributed by atoms with Gasteiger partial charge in [-0.25, -0.2) is 4.79 Å². The van der Waals surface area contributed by atoms with Crippen LogP contribution in [0.1, 0.15) is 33.5 Å². The minimum Gasteiger partial charge on any atom is -0.497 e. The predicted octanol–water partition coefficient (Wildman–Crippen LogP) is 6.81. The highest BCUT2D eigenvalue weighted by Gasteiger charge is 2.24.